The van der Waals surface area contributed by atoms with Crippen molar-refractivity contribution in [3.05, 3.63) is 18.1 Å². The SMILES string of the molecule is COC(CNc1ncnc2cc(C)[nH]c12)C(C)(C)C. The molecule has 2 aromatic rings. The molecule has 0 fully saturated rings. The van der Waals surface area contributed by atoms with Gasteiger partial charge in [0.15, 0.2) is 5.82 Å². The summed E-state index contributed by atoms with van der Waals surface area (Å²) in [7, 11) is 1.74. The molecule has 104 valence electrons. The molecule has 0 saturated carbocycles. The molecule has 1 unspecified atom stereocenters. The summed E-state index contributed by atoms with van der Waals surface area (Å²) >= 11 is 0. The monoisotopic (exact) mass is 262 g/mol. The zero-order valence-electron chi connectivity index (χ0n) is 12.2. The third-order valence-corrected chi connectivity index (χ3v) is 3.26. The van der Waals surface area contributed by atoms with Crippen LogP contribution in [0, 0.1) is 12.3 Å². The topological polar surface area (TPSA) is 62.8 Å². The summed E-state index contributed by atoms with van der Waals surface area (Å²) in [6.07, 6.45) is 1.70. The Hall–Kier alpha value is -1.62. The van der Waals surface area contributed by atoms with Crippen LogP contribution in [0.3, 0.4) is 0 Å². The Morgan fingerprint density at radius 3 is 2.74 bits per heavy atom. The Bertz CT molecular complexity index is 556. The Kier molecular flexibility index (Phi) is 3.75. The zero-order valence-corrected chi connectivity index (χ0v) is 12.2. The van der Waals surface area contributed by atoms with Crippen LogP contribution >= 0.6 is 0 Å². The van der Waals surface area contributed by atoms with E-state index < -0.39 is 0 Å². The smallest absolute Gasteiger partial charge is 0.153 e. The summed E-state index contributed by atoms with van der Waals surface area (Å²) < 4.78 is 5.54. The first-order chi connectivity index (χ1) is 8.91. The lowest BCUT2D eigenvalue weighted by Gasteiger charge is -2.29. The Morgan fingerprint density at radius 2 is 2.11 bits per heavy atom. The van der Waals surface area contributed by atoms with E-state index in [9.17, 15) is 0 Å². The molecular formula is C14H22N4O. The van der Waals surface area contributed by atoms with Gasteiger partial charge in [-0.15, -0.1) is 0 Å². The number of aromatic nitrogens is 3. The number of nitrogens with one attached hydrogen (secondary N) is 2. The van der Waals surface area contributed by atoms with Crippen molar-refractivity contribution in [2.75, 3.05) is 19.0 Å². The number of hydrogen-bond donors (Lipinski definition) is 2. The first kappa shape index (κ1) is 13.8. The van der Waals surface area contributed by atoms with Crippen LogP contribution in [0.25, 0.3) is 11.0 Å². The van der Waals surface area contributed by atoms with Gasteiger partial charge in [0.1, 0.15) is 11.8 Å². The molecule has 2 N–H and O–H groups in total. The molecule has 0 aliphatic carbocycles. The van der Waals surface area contributed by atoms with Gasteiger partial charge in [-0.05, 0) is 18.4 Å². The first-order valence-electron chi connectivity index (χ1n) is 6.49. The third-order valence-electron chi connectivity index (χ3n) is 3.26. The molecule has 0 spiro atoms. The number of anilines is 1. The fourth-order valence-electron chi connectivity index (χ4n) is 2.14. The number of hydrogen-bond acceptors (Lipinski definition) is 4. The van der Waals surface area contributed by atoms with Crippen molar-refractivity contribution in [1.82, 2.24) is 15.0 Å². The highest BCUT2D eigenvalue weighted by atomic mass is 16.5. The number of rotatable bonds is 4. The van der Waals surface area contributed by atoms with Gasteiger partial charge in [-0.25, -0.2) is 9.97 Å². The van der Waals surface area contributed by atoms with E-state index in [0.717, 1.165) is 22.5 Å². The zero-order chi connectivity index (χ0) is 14.0. The van der Waals surface area contributed by atoms with Crippen molar-refractivity contribution in [3.63, 3.8) is 0 Å². The van der Waals surface area contributed by atoms with Gasteiger partial charge in [-0.3, -0.25) is 0 Å². The molecule has 0 saturated heterocycles. The number of aromatic amines is 1. The van der Waals surface area contributed by atoms with Gasteiger partial charge in [0, 0.05) is 19.3 Å². The van der Waals surface area contributed by atoms with E-state index in [1.807, 2.05) is 13.0 Å². The van der Waals surface area contributed by atoms with Gasteiger partial charge in [0.25, 0.3) is 0 Å². The van der Waals surface area contributed by atoms with Crippen LogP contribution in [0.5, 0.6) is 0 Å². The number of methoxy groups -OCH3 is 1. The molecule has 0 bridgehead atoms. The molecule has 0 aliphatic rings. The lowest BCUT2D eigenvalue weighted by Crippen LogP contribution is -2.35. The van der Waals surface area contributed by atoms with Crippen molar-refractivity contribution in [3.8, 4) is 0 Å². The molecule has 5 nitrogen and oxygen atoms in total. The van der Waals surface area contributed by atoms with Crippen molar-refractivity contribution < 1.29 is 4.74 Å². The third kappa shape index (κ3) is 3.04. The molecule has 5 heteroatoms. The minimum absolute atomic E-state index is 0.0829. The first-order valence-corrected chi connectivity index (χ1v) is 6.49. The van der Waals surface area contributed by atoms with Crippen LogP contribution in [0.2, 0.25) is 0 Å². The summed E-state index contributed by atoms with van der Waals surface area (Å²) in [5.74, 6) is 0.824. The van der Waals surface area contributed by atoms with Crippen LogP contribution in [-0.2, 0) is 4.74 Å². The van der Waals surface area contributed by atoms with Crippen LogP contribution in [-0.4, -0.2) is 34.7 Å². The molecule has 0 aromatic carbocycles. The van der Waals surface area contributed by atoms with E-state index in [1.54, 1.807) is 13.4 Å². The van der Waals surface area contributed by atoms with E-state index in [2.05, 4.69) is 41.0 Å². The van der Waals surface area contributed by atoms with Crippen molar-refractivity contribution in [2.45, 2.75) is 33.8 Å². The van der Waals surface area contributed by atoms with Gasteiger partial charge in [0.2, 0.25) is 0 Å². The van der Waals surface area contributed by atoms with Crippen LogP contribution in [0.4, 0.5) is 5.82 Å². The average molecular weight is 262 g/mol. The maximum atomic E-state index is 5.54. The van der Waals surface area contributed by atoms with Crippen molar-refractivity contribution in [1.29, 1.82) is 0 Å². The molecule has 2 rings (SSSR count). The van der Waals surface area contributed by atoms with Crippen LogP contribution in [0.1, 0.15) is 26.5 Å². The van der Waals surface area contributed by atoms with Gasteiger partial charge in [0.05, 0.1) is 11.6 Å². The number of H-pyrrole nitrogens is 1. The molecule has 0 amide bonds. The molecular weight excluding hydrogens is 240 g/mol. The molecule has 2 aromatic heterocycles. The molecule has 0 aliphatic heterocycles. The van der Waals surface area contributed by atoms with Gasteiger partial charge >= 0.3 is 0 Å². The van der Waals surface area contributed by atoms with Crippen LogP contribution in [0.15, 0.2) is 12.4 Å². The van der Waals surface area contributed by atoms with Gasteiger partial charge in [-0.2, -0.15) is 0 Å². The highest BCUT2D eigenvalue weighted by molar-refractivity contribution is 5.86. The normalized spacial score (nSPS) is 13.7. The number of nitrogens with zero attached hydrogens (tertiary/aromatic N) is 2. The van der Waals surface area contributed by atoms with Crippen molar-refractivity contribution in [2.24, 2.45) is 5.41 Å². The lowest BCUT2D eigenvalue weighted by molar-refractivity contribution is 0.0268. The van der Waals surface area contributed by atoms with E-state index in [4.69, 9.17) is 4.74 Å². The minimum atomic E-state index is 0.0829. The quantitative estimate of drug-likeness (QED) is 0.889. The maximum Gasteiger partial charge on any atom is 0.153 e. The predicted molar refractivity (Wildman–Crippen MR) is 77.4 cm³/mol. The van der Waals surface area contributed by atoms with E-state index in [0.29, 0.717) is 6.54 Å². The maximum absolute atomic E-state index is 5.54. The number of ether oxygens (including phenoxy) is 1. The summed E-state index contributed by atoms with van der Waals surface area (Å²) in [5.41, 5.74) is 3.04. The number of fused-ring (bicyclic) bond motifs is 1. The second-order valence-electron chi connectivity index (χ2n) is 5.91. The van der Waals surface area contributed by atoms with Crippen molar-refractivity contribution >= 4 is 16.9 Å². The van der Waals surface area contributed by atoms with Crippen LogP contribution < -0.4 is 5.32 Å². The standard InChI is InChI=1S/C14H22N4O/c1-9-6-10-12(18-9)13(17-8-16-10)15-7-11(19-5)14(2,3)4/h6,8,11,18H,7H2,1-5H3,(H,15,16,17). The fraction of sp³-hybridized carbons (Fsp3) is 0.571. The Morgan fingerprint density at radius 1 is 1.37 bits per heavy atom. The highest BCUT2D eigenvalue weighted by Gasteiger charge is 2.24. The lowest BCUT2D eigenvalue weighted by atomic mass is 9.89. The Balaban J connectivity index is 2.17. The summed E-state index contributed by atoms with van der Waals surface area (Å²) in [6, 6.07) is 2.01. The van der Waals surface area contributed by atoms with E-state index in [1.165, 1.54) is 0 Å². The average Bonchev–Trinajstić information content (AvgIpc) is 2.69. The second kappa shape index (κ2) is 5.17. The molecule has 1 atom stereocenters. The van der Waals surface area contributed by atoms with Gasteiger partial charge < -0.3 is 15.0 Å². The van der Waals surface area contributed by atoms with E-state index in [-0.39, 0.29) is 11.5 Å². The minimum Gasteiger partial charge on any atom is -0.379 e. The Labute approximate surface area is 113 Å². The fourth-order valence-corrected chi connectivity index (χ4v) is 2.14. The number of aryl methyl sites for hydroxylation is 1. The molecule has 2 heterocycles. The van der Waals surface area contributed by atoms with Gasteiger partial charge in [-0.1, -0.05) is 20.8 Å². The largest absolute Gasteiger partial charge is 0.379 e. The highest BCUT2D eigenvalue weighted by Crippen LogP contribution is 2.23. The molecule has 19 heavy (non-hydrogen) atoms. The van der Waals surface area contributed by atoms with E-state index >= 15 is 0 Å². The second-order valence-corrected chi connectivity index (χ2v) is 5.91. The summed E-state index contributed by atoms with van der Waals surface area (Å²) in [5, 5.41) is 3.35. The summed E-state index contributed by atoms with van der Waals surface area (Å²) in [6.45, 7) is 9.22. The molecule has 0 radical (unpaired) electrons. The predicted octanol–water partition coefficient (Wildman–Crippen LogP) is 2.74. The summed E-state index contributed by atoms with van der Waals surface area (Å²) in [4.78, 5) is 11.8.